The van der Waals surface area contributed by atoms with Crippen LogP contribution >= 0.6 is 0 Å². The molecule has 4 aromatic rings. The smallest absolute Gasteiger partial charge is 0.0771 e. The molecule has 4 aromatic carbocycles. The fraction of sp³-hybridized carbons (Fsp3) is 0.294. The second-order valence-electron chi connectivity index (χ2n) is 9.93. The maximum Gasteiger partial charge on any atom is -0.0771 e. The zero-order chi connectivity index (χ0) is 28.3. The van der Waals surface area contributed by atoms with Crippen molar-refractivity contribution in [2.45, 2.75) is 53.6 Å². The van der Waals surface area contributed by atoms with E-state index in [4.69, 9.17) is 0 Å². The fourth-order valence-electron chi connectivity index (χ4n) is 4.34. The molecule has 40 heavy (non-hydrogen) atoms. The van der Waals surface area contributed by atoms with Crippen molar-refractivity contribution in [1.82, 2.24) is 0 Å². The summed E-state index contributed by atoms with van der Waals surface area (Å²) in [5.41, 5.74) is 2.62. The third kappa shape index (κ3) is 10.8. The van der Waals surface area contributed by atoms with Crippen LogP contribution in [0, 0.1) is 23.5 Å². The van der Waals surface area contributed by atoms with Gasteiger partial charge in [0, 0.05) is 0 Å². The van der Waals surface area contributed by atoms with E-state index in [0.29, 0.717) is 11.3 Å². The first-order chi connectivity index (χ1) is 18.0. The number of rotatable bonds is 2. The van der Waals surface area contributed by atoms with E-state index >= 15 is 0 Å². The van der Waals surface area contributed by atoms with Gasteiger partial charge in [-0.05, 0) is 0 Å². The first-order valence-electron chi connectivity index (χ1n) is 12.8. The third-order valence-electron chi connectivity index (χ3n) is 6.22. The number of hydrogen-bond donors (Lipinski definition) is 0. The summed E-state index contributed by atoms with van der Waals surface area (Å²) in [5.74, 6) is 0.573. The van der Waals surface area contributed by atoms with Crippen molar-refractivity contribution in [1.29, 1.82) is 0 Å². The molecule has 0 aromatic heterocycles. The van der Waals surface area contributed by atoms with E-state index in [1.54, 1.807) is 0 Å². The van der Waals surface area contributed by atoms with Crippen molar-refractivity contribution in [3.63, 3.8) is 0 Å². The summed E-state index contributed by atoms with van der Waals surface area (Å²) >= 11 is 1.30. The van der Waals surface area contributed by atoms with E-state index in [1.165, 1.54) is 75.5 Å². The topological polar surface area (TPSA) is 0 Å². The Labute approximate surface area is 265 Å². The van der Waals surface area contributed by atoms with Gasteiger partial charge in [-0.3, -0.25) is 6.08 Å². The van der Waals surface area contributed by atoms with E-state index in [-0.39, 0.29) is 24.8 Å². The van der Waals surface area contributed by atoms with Gasteiger partial charge in [0.15, 0.2) is 0 Å². The molecule has 0 radical (unpaired) electrons. The third-order valence-corrected chi connectivity index (χ3v) is 6.22. The van der Waals surface area contributed by atoms with E-state index in [0.717, 1.165) is 18.6 Å². The Kier molecular flexibility index (Phi) is 17.0. The molecule has 0 bridgehead atoms. The maximum atomic E-state index is 11.8. The summed E-state index contributed by atoms with van der Waals surface area (Å²) in [6, 6.07) is 26.2. The van der Waals surface area contributed by atoms with E-state index in [9.17, 15) is 13.2 Å². The van der Waals surface area contributed by atoms with E-state index in [2.05, 4.69) is 112 Å². The van der Waals surface area contributed by atoms with Gasteiger partial charge in [-0.1, -0.05) is 101 Å². The van der Waals surface area contributed by atoms with Gasteiger partial charge in [0.05, 0.1) is 0 Å². The van der Waals surface area contributed by atoms with Crippen LogP contribution in [-0.4, -0.2) is 4.21 Å². The van der Waals surface area contributed by atoms with Gasteiger partial charge in [-0.25, -0.2) is 5.57 Å². The molecule has 0 heterocycles. The Hall–Kier alpha value is -1.87. The maximum absolute atomic E-state index is 11.8. The Morgan fingerprint density at radius 2 is 1.30 bits per heavy atom. The Morgan fingerprint density at radius 1 is 0.825 bits per heavy atom. The van der Waals surface area contributed by atoms with Gasteiger partial charge < -0.3 is 24.8 Å². The first kappa shape index (κ1) is 38.1. The molecule has 0 aliphatic heterocycles. The molecule has 0 saturated heterocycles. The number of hydrogen-bond acceptors (Lipinski definition) is 0. The largest absolute Gasteiger partial charge is 1.00 e. The summed E-state index contributed by atoms with van der Waals surface area (Å²) in [6.07, 6.45) is 4.05. The monoisotopic (exact) mass is 661 g/mol. The summed E-state index contributed by atoms with van der Waals surface area (Å²) < 4.78 is 38.7. The Morgan fingerprint density at radius 3 is 1.65 bits per heavy atom. The molecule has 1 aliphatic rings. The van der Waals surface area contributed by atoms with Crippen LogP contribution in [0.15, 0.2) is 96.1 Å². The standard InChI is InChI=1S/C13H9.C13H21.C7H4F3.CH2.2ClH.Zr/c1-3-7-12-10(5-1)9-11-6-2-4-8-13(11)12;1-6-10-8-11(7-2)12(9-10)13(3,4)5;8-7(9,10)6-4-2-1-3-5-6;;;;/h1-9H;9-10H,6-7H2,1-5H3;2-5H;1H2;2*1H;/q3*-1;;;;+2/p-2. The zero-order valence-corrected chi connectivity index (χ0v) is 27.6. The molecular formula is C34H36Cl2F3Zr-3. The van der Waals surface area contributed by atoms with E-state index < -0.39 is 11.7 Å². The number of fused-ring (bicyclic) bond motifs is 3. The molecule has 0 amide bonds. The minimum Gasteiger partial charge on any atom is -1.00 e. The first-order valence-corrected chi connectivity index (χ1v) is 14.5. The molecule has 214 valence electrons. The van der Waals surface area contributed by atoms with Crippen LogP contribution < -0.4 is 24.8 Å². The molecule has 0 saturated carbocycles. The quantitative estimate of drug-likeness (QED) is 0.281. The Bertz CT molecular complexity index is 1300. The molecule has 5 rings (SSSR count). The van der Waals surface area contributed by atoms with Gasteiger partial charge >= 0.3 is 34.6 Å². The second-order valence-corrected chi connectivity index (χ2v) is 9.93. The van der Waals surface area contributed by atoms with Crippen LogP contribution in [0.25, 0.3) is 21.5 Å². The average molecular weight is 664 g/mol. The predicted octanol–water partition coefficient (Wildman–Crippen LogP) is 4.33. The number of benzene rings is 3. The number of alkyl halides is 3. The summed E-state index contributed by atoms with van der Waals surface area (Å²) in [6.45, 7) is 11.3. The van der Waals surface area contributed by atoms with Crippen LogP contribution in [-0.2, 0) is 30.4 Å². The molecule has 0 spiro atoms. The molecule has 0 nitrogen and oxygen atoms in total. The molecule has 1 atom stereocenters. The van der Waals surface area contributed by atoms with Crippen molar-refractivity contribution in [2.75, 3.05) is 0 Å². The Balaban J connectivity index is 0.000000545. The van der Waals surface area contributed by atoms with Crippen molar-refractivity contribution in [3.8, 4) is 0 Å². The van der Waals surface area contributed by atoms with Crippen molar-refractivity contribution < 1.29 is 62.2 Å². The van der Waals surface area contributed by atoms with Crippen LogP contribution in [0.2, 0.25) is 0 Å². The van der Waals surface area contributed by atoms with Gasteiger partial charge in [0.25, 0.3) is 0 Å². The van der Waals surface area contributed by atoms with Crippen LogP contribution in [0.4, 0.5) is 13.2 Å². The zero-order valence-electron chi connectivity index (χ0n) is 23.7. The summed E-state index contributed by atoms with van der Waals surface area (Å²) in [5, 5.41) is 5.39. The molecule has 0 N–H and O–H groups in total. The number of allylic oxidation sites excluding steroid dienone is 4. The minimum atomic E-state index is -4.23. The second kappa shape index (κ2) is 17.8. The molecule has 0 fully saturated rings. The van der Waals surface area contributed by atoms with Gasteiger partial charge in [-0.15, -0.1) is 39.7 Å². The molecular weight excluding hydrogens is 627 g/mol. The van der Waals surface area contributed by atoms with Gasteiger partial charge in [0.2, 0.25) is 0 Å². The van der Waals surface area contributed by atoms with Crippen molar-refractivity contribution >= 4 is 25.8 Å². The van der Waals surface area contributed by atoms with Gasteiger partial charge in [0.1, 0.15) is 0 Å². The SMILES string of the molecule is CCC1=[C-]C(CC)C=C1C(C)(C)C.FC(F)(F)c1cc[c-]cc1.[CH2]=[Zr+2].[Cl-].[Cl-].c1ccc2c(c1)[cH-]c1ccccc12. The number of halogens is 5. The van der Waals surface area contributed by atoms with Crippen molar-refractivity contribution in [2.24, 2.45) is 11.3 Å². The normalized spacial score (nSPS) is 14.1. The van der Waals surface area contributed by atoms with Crippen LogP contribution in [0.1, 0.15) is 53.0 Å². The minimum absolute atomic E-state index is 0. The average Bonchev–Trinajstić information content (AvgIpc) is 3.52. The molecule has 1 aliphatic carbocycles. The predicted molar refractivity (Wildman–Crippen MR) is 153 cm³/mol. The summed E-state index contributed by atoms with van der Waals surface area (Å²) in [4.78, 5) is 0. The van der Waals surface area contributed by atoms with Gasteiger partial charge in [-0.2, -0.15) is 55.2 Å². The fourth-order valence-corrected chi connectivity index (χ4v) is 4.34. The van der Waals surface area contributed by atoms with Crippen LogP contribution in [0.3, 0.4) is 0 Å². The summed E-state index contributed by atoms with van der Waals surface area (Å²) in [7, 11) is 0. The van der Waals surface area contributed by atoms with Crippen LogP contribution in [0.5, 0.6) is 0 Å². The van der Waals surface area contributed by atoms with Crippen molar-refractivity contribution in [3.05, 3.63) is 114 Å². The van der Waals surface area contributed by atoms with E-state index in [1.807, 2.05) is 0 Å². The molecule has 6 heteroatoms. The molecule has 1 unspecified atom stereocenters.